The Bertz CT molecular complexity index is 894. The van der Waals surface area contributed by atoms with Crippen molar-refractivity contribution in [1.82, 2.24) is 9.88 Å². The number of carbonyl (C=O) groups is 1. The third kappa shape index (κ3) is 3.83. The second-order valence-corrected chi connectivity index (χ2v) is 7.15. The zero-order valence-corrected chi connectivity index (χ0v) is 15.2. The topological polar surface area (TPSA) is 59.2 Å². The van der Waals surface area contributed by atoms with Crippen LogP contribution < -0.4 is 5.73 Å². The third-order valence-electron chi connectivity index (χ3n) is 3.95. The SMILES string of the molecule is CN(C)CCSc1nc2ccccc2c(C(N)=O)c1-c1ccccc1. The Morgan fingerprint density at radius 1 is 1.08 bits per heavy atom. The Balaban J connectivity index is 2.23. The van der Waals surface area contributed by atoms with Crippen LogP contribution in [0.3, 0.4) is 0 Å². The number of fused-ring (bicyclic) bond motifs is 1. The molecule has 5 heteroatoms. The molecule has 0 atom stereocenters. The van der Waals surface area contributed by atoms with Crippen molar-refractivity contribution in [3.63, 3.8) is 0 Å². The van der Waals surface area contributed by atoms with Gasteiger partial charge in [0, 0.05) is 23.2 Å². The minimum atomic E-state index is -0.424. The van der Waals surface area contributed by atoms with Crippen molar-refractivity contribution >= 4 is 28.6 Å². The van der Waals surface area contributed by atoms with Crippen molar-refractivity contribution in [2.45, 2.75) is 5.03 Å². The Kier molecular flexibility index (Phi) is 5.36. The second-order valence-electron chi connectivity index (χ2n) is 6.07. The van der Waals surface area contributed by atoms with E-state index in [-0.39, 0.29) is 0 Å². The van der Waals surface area contributed by atoms with Gasteiger partial charge in [0.15, 0.2) is 0 Å². The molecule has 3 aromatic rings. The molecule has 1 heterocycles. The van der Waals surface area contributed by atoms with Crippen LogP contribution in [0.25, 0.3) is 22.0 Å². The minimum Gasteiger partial charge on any atom is -0.366 e. The van der Waals surface area contributed by atoms with Gasteiger partial charge in [-0.25, -0.2) is 4.98 Å². The number of hydrogen-bond acceptors (Lipinski definition) is 4. The number of carbonyl (C=O) groups excluding carboxylic acids is 1. The van der Waals surface area contributed by atoms with Crippen LogP contribution in [0, 0.1) is 0 Å². The summed E-state index contributed by atoms with van der Waals surface area (Å²) in [6.07, 6.45) is 0. The summed E-state index contributed by atoms with van der Waals surface area (Å²) in [5, 5.41) is 1.64. The van der Waals surface area contributed by atoms with E-state index in [1.165, 1.54) is 0 Å². The van der Waals surface area contributed by atoms with Crippen molar-refractivity contribution in [2.24, 2.45) is 5.73 Å². The van der Waals surface area contributed by atoms with Crippen LogP contribution in [-0.4, -0.2) is 42.2 Å². The number of para-hydroxylation sites is 1. The Morgan fingerprint density at radius 2 is 1.76 bits per heavy atom. The first-order valence-corrected chi connectivity index (χ1v) is 9.12. The smallest absolute Gasteiger partial charge is 0.250 e. The van der Waals surface area contributed by atoms with Crippen LogP contribution in [0.4, 0.5) is 0 Å². The van der Waals surface area contributed by atoms with E-state index in [1.807, 2.05) is 68.7 Å². The maximum absolute atomic E-state index is 12.3. The van der Waals surface area contributed by atoms with E-state index in [0.29, 0.717) is 5.56 Å². The van der Waals surface area contributed by atoms with Gasteiger partial charge in [-0.2, -0.15) is 0 Å². The van der Waals surface area contributed by atoms with E-state index in [0.717, 1.165) is 39.4 Å². The summed E-state index contributed by atoms with van der Waals surface area (Å²) >= 11 is 1.66. The van der Waals surface area contributed by atoms with Crippen molar-refractivity contribution in [2.75, 3.05) is 26.4 Å². The van der Waals surface area contributed by atoms with Gasteiger partial charge in [0.05, 0.1) is 11.1 Å². The third-order valence-corrected chi connectivity index (χ3v) is 4.90. The van der Waals surface area contributed by atoms with Gasteiger partial charge in [-0.15, -0.1) is 11.8 Å². The molecular formula is C20H21N3OS. The molecule has 0 bridgehead atoms. The predicted octanol–water partition coefficient (Wildman–Crippen LogP) is 3.65. The molecule has 1 amide bonds. The Morgan fingerprint density at radius 3 is 2.44 bits per heavy atom. The largest absolute Gasteiger partial charge is 0.366 e. The Labute approximate surface area is 152 Å². The van der Waals surface area contributed by atoms with Crippen LogP contribution in [0.2, 0.25) is 0 Å². The number of rotatable bonds is 6. The average molecular weight is 351 g/mol. The highest BCUT2D eigenvalue weighted by molar-refractivity contribution is 7.99. The number of primary amides is 1. The first-order chi connectivity index (χ1) is 12.1. The lowest BCUT2D eigenvalue weighted by molar-refractivity contribution is 0.100. The molecule has 0 fully saturated rings. The fourth-order valence-electron chi connectivity index (χ4n) is 2.75. The number of amides is 1. The summed E-state index contributed by atoms with van der Waals surface area (Å²) in [5.41, 5.74) is 8.91. The van der Waals surface area contributed by atoms with Crippen LogP contribution in [0.1, 0.15) is 10.4 Å². The zero-order valence-electron chi connectivity index (χ0n) is 14.4. The maximum atomic E-state index is 12.3. The lowest BCUT2D eigenvalue weighted by Gasteiger charge is -2.16. The molecule has 4 nitrogen and oxygen atoms in total. The van der Waals surface area contributed by atoms with Crippen molar-refractivity contribution in [3.8, 4) is 11.1 Å². The van der Waals surface area contributed by atoms with Crippen molar-refractivity contribution in [3.05, 3.63) is 60.2 Å². The van der Waals surface area contributed by atoms with Gasteiger partial charge in [0.2, 0.25) is 5.91 Å². The number of aromatic nitrogens is 1. The molecule has 2 aromatic carbocycles. The van der Waals surface area contributed by atoms with E-state index in [4.69, 9.17) is 10.7 Å². The quantitative estimate of drug-likeness (QED) is 0.689. The molecule has 2 N–H and O–H groups in total. The molecule has 0 unspecified atom stereocenters. The summed E-state index contributed by atoms with van der Waals surface area (Å²) in [6, 6.07) is 17.5. The lowest BCUT2D eigenvalue weighted by Crippen LogP contribution is -2.16. The highest BCUT2D eigenvalue weighted by Crippen LogP contribution is 2.36. The number of nitrogens with zero attached hydrogens (tertiary/aromatic N) is 2. The number of nitrogens with two attached hydrogens (primary N) is 1. The molecule has 128 valence electrons. The number of benzene rings is 2. The van der Waals surface area contributed by atoms with Gasteiger partial charge in [-0.3, -0.25) is 4.79 Å². The van der Waals surface area contributed by atoms with E-state index in [9.17, 15) is 4.79 Å². The van der Waals surface area contributed by atoms with Gasteiger partial charge >= 0.3 is 0 Å². The summed E-state index contributed by atoms with van der Waals surface area (Å²) in [5.74, 6) is 0.461. The van der Waals surface area contributed by atoms with Crippen LogP contribution >= 0.6 is 11.8 Å². The zero-order chi connectivity index (χ0) is 17.8. The predicted molar refractivity (Wildman–Crippen MR) is 105 cm³/mol. The van der Waals surface area contributed by atoms with E-state index in [2.05, 4.69) is 4.90 Å². The standard InChI is InChI=1S/C20H21N3OS/c1-23(2)12-13-25-20-17(14-8-4-3-5-9-14)18(19(21)24)15-10-6-7-11-16(15)22-20/h3-11H,12-13H2,1-2H3,(H2,21,24). The fourth-order valence-corrected chi connectivity index (χ4v) is 3.92. The maximum Gasteiger partial charge on any atom is 0.250 e. The van der Waals surface area contributed by atoms with E-state index < -0.39 is 5.91 Å². The highest BCUT2D eigenvalue weighted by Gasteiger charge is 2.20. The number of hydrogen-bond donors (Lipinski definition) is 1. The molecule has 1 aromatic heterocycles. The molecule has 0 radical (unpaired) electrons. The van der Waals surface area contributed by atoms with Gasteiger partial charge in [0.1, 0.15) is 5.03 Å². The Hall–Kier alpha value is -2.37. The molecule has 0 aliphatic carbocycles. The van der Waals surface area contributed by atoms with Gasteiger partial charge < -0.3 is 10.6 Å². The molecule has 0 saturated heterocycles. The second kappa shape index (κ2) is 7.68. The summed E-state index contributed by atoms with van der Waals surface area (Å²) < 4.78 is 0. The monoisotopic (exact) mass is 351 g/mol. The summed E-state index contributed by atoms with van der Waals surface area (Å²) in [4.78, 5) is 19.3. The van der Waals surface area contributed by atoms with E-state index in [1.54, 1.807) is 11.8 Å². The molecular weight excluding hydrogens is 330 g/mol. The first-order valence-electron chi connectivity index (χ1n) is 8.13. The summed E-state index contributed by atoms with van der Waals surface area (Å²) in [6.45, 7) is 0.930. The van der Waals surface area contributed by atoms with Crippen molar-refractivity contribution < 1.29 is 4.79 Å². The molecule has 0 spiro atoms. The van der Waals surface area contributed by atoms with E-state index >= 15 is 0 Å². The van der Waals surface area contributed by atoms with Crippen LogP contribution in [-0.2, 0) is 0 Å². The summed E-state index contributed by atoms with van der Waals surface area (Å²) in [7, 11) is 4.09. The molecule has 25 heavy (non-hydrogen) atoms. The lowest BCUT2D eigenvalue weighted by atomic mass is 9.97. The van der Waals surface area contributed by atoms with Gasteiger partial charge in [-0.05, 0) is 25.7 Å². The van der Waals surface area contributed by atoms with Gasteiger partial charge in [0.25, 0.3) is 0 Å². The number of thioether (sulfide) groups is 1. The number of pyridine rings is 1. The van der Waals surface area contributed by atoms with Crippen LogP contribution in [0.5, 0.6) is 0 Å². The molecule has 0 saturated carbocycles. The minimum absolute atomic E-state index is 0.424. The van der Waals surface area contributed by atoms with Crippen molar-refractivity contribution in [1.29, 1.82) is 0 Å². The average Bonchev–Trinajstić information content (AvgIpc) is 2.60. The molecule has 3 rings (SSSR count). The first kappa shape index (κ1) is 17.5. The fraction of sp³-hybridized carbons (Fsp3) is 0.200. The highest BCUT2D eigenvalue weighted by atomic mass is 32.2. The normalized spacial score (nSPS) is 11.2. The van der Waals surface area contributed by atoms with Gasteiger partial charge in [-0.1, -0.05) is 48.5 Å². The molecule has 0 aliphatic heterocycles. The molecule has 0 aliphatic rings. The van der Waals surface area contributed by atoms with Crippen LogP contribution in [0.15, 0.2) is 59.6 Å².